The summed E-state index contributed by atoms with van der Waals surface area (Å²) in [7, 11) is 0. The highest BCUT2D eigenvalue weighted by Gasteiger charge is 2.13. The van der Waals surface area contributed by atoms with Crippen LogP contribution in [0.5, 0.6) is 0 Å². The van der Waals surface area contributed by atoms with Crippen molar-refractivity contribution in [1.82, 2.24) is 0 Å². The number of nitriles is 1. The number of hydrogen-bond donors (Lipinski definition) is 1. The van der Waals surface area contributed by atoms with E-state index in [4.69, 9.17) is 5.26 Å². The van der Waals surface area contributed by atoms with Gasteiger partial charge in [-0.3, -0.25) is 0 Å². The van der Waals surface area contributed by atoms with Gasteiger partial charge in [0.2, 0.25) is 0 Å². The number of halogens is 1. The van der Waals surface area contributed by atoms with E-state index in [0.717, 1.165) is 11.3 Å². The fourth-order valence-corrected chi connectivity index (χ4v) is 1.34. The number of alkyl halides is 1. The van der Waals surface area contributed by atoms with Crippen molar-refractivity contribution in [2.24, 2.45) is 0 Å². The van der Waals surface area contributed by atoms with Crippen LogP contribution in [0.25, 0.3) is 0 Å². The van der Waals surface area contributed by atoms with E-state index in [-0.39, 0.29) is 0 Å². The second-order valence-electron chi connectivity index (χ2n) is 4.43. The first-order valence-electron chi connectivity index (χ1n) is 5.40. The molecule has 0 fully saturated rings. The molecule has 0 aliphatic carbocycles. The standard InChI is InChI=1S/C13H17FN2/c1-13(2,14)8-10-16-12-5-3-11(4-6-12)7-9-15/h3-6,16H,7-8,10H2,1-2H3. The minimum absolute atomic E-state index is 0.428. The summed E-state index contributed by atoms with van der Waals surface area (Å²) in [5.74, 6) is 0. The van der Waals surface area contributed by atoms with Crippen molar-refractivity contribution in [3.05, 3.63) is 29.8 Å². The smallest absolute Gasteiger partial charge is 0.107 e. The van der Waals surface area contributed by atoms with E-state index in [1.165, 1.54) is 0 Å². The van der Waals surface area contributed by atoms with Gasteiger partial charge in [-0.15, -0.1) is 0 Å². The molecule has 1 N–H and O–H groups in total. The van der Waals surface area contributed by atoms with Crippen molar-refractivity contribution in [2.75, 3.05) is 11.9 Å². The maximum absolute atomic E-state index is 13.2. The third-order valence-corrected chi connectivity index (χ3v) is 2.29. The Labute approximate surface area is 96.1 Å². The van der Waals surface area contributed by atoms with Gasteiger partial charge in [0, 0.05) is 12.2 Å². The van der Waals surface area contributed by atoms with Crippen molar-refractivity contribution in [3.63, 3.8) is 0 Å². The number of nitrogens with one attached hydrogen (secondary N) is 1. The zero-order chi connectivity index (χ0) is 12.0. The van der Waals surface area contributed by atoms with Gasteiger partial charge >= 0.3 is 0 Å². The number of benzene rings is 1. The van der Waals surface area contributed by atoms with Crippen LogP contribution >= 0.6 is 0 Å². The predicted molar refractivity (Wildman–Crippen MR) is 64.1 cm³/mol. The van der Waals surface area contributed by atoms with E-state index in [1.54, 1.807) is 13.8 Å². The van der Waals surface area contributed by atoms with Crippen LogP contribution in [-0.4, -0.2) is 12.2 Å². The first-order chi connectivity index (χ1) is 7.51. The van der Waals surface area contributed by atoms with E-state index < -0.39 is 5.67 Å². The summed E-state index contributed by atoms with van der Waals surface area (Å²) in [6, 6.07) is 9.74. The first kappa shape index (κ1) is 12.5. The summed E-state index contributed by atoms with van der Waals surface area (Å²) in [5, 5.41) is 11.7. The van der Waals surface area contributed by atoms with Gasteiger partial charge in [-0.2, -0.15) is 5.26 Å². The van der Waals surface area contributed by atoms with E-state index in [0.29, 0.717) is 19.4 Å². The molecule has 2 nitrogen and oxygen atoms in total. The average molecular weight is 220 g/mol. The Bertz CT molecular complexity index is 357. The van der Waals surface area contributed by atoms with E-state index >= 15 is 0 Å². The minimum atomic E-state index is -1.13. The summed E-state index contributed by atoms with van der Waals surface area (Å²) in [6.07, 6.45) is 0.907. The molecule has 1 aromatic rings. The van der Waals surface area contributed by atoms with Crippen LogP contribution in [0.15, 0.2) is 24.3 Å². The fourth-order valence-electron chi connectivity index (χ4n) is 1.34. The van der Waals surface area contributed by atoms with Gasteiger partial charge in [-0.05, 0) is 38.0 Å². The minimum Gasteiger partial charge on any atom is -0.385 e. The molecule has 0 aliphatic heterocycles. The summed E-state index contributed by atoms with van der Waals surface area (Å²) in [5.41, 5.74) is 0.832. The second-order valence-corrected chi connectivity index (χ2v) is 4.43. The van der Waals surface area contributed by atoms with Crippen molar-refractivity contribution in [3.8, 4) is 6.07 Å². The van der Waals surface area contributed by atoms with Crippen LogP contribution in [0.2, 0.25) is 0 Å². The van der Waals surface area contributed by atoms with Crippen molar-refractivity contribution in [1.29, 1.82) is 5.26 Å². The second kappa shape index (κ2) is 5.50. The lowest BCUT2D eigenvalue weighted by Gasteiger charge is -2.14. The highest BCUT2D eigenvalue weighted by molar-refractivity contribution is 5.44. The number of nitrogens with zero attached hydrogens (tertiary/aromatic N) is 1. The Morgan fingerprint density at radius 3 is 2.44 bits per heavy atom. The van der Waals surface area contributed by atoms with Gasteiger partial charge < -0.3 is 5.32 Å². The molecule has 0 bridgehead atoms. The third kappa shape index (κ3) is 4.79. The molecule has 16 heavy (non-hydrogen) atoms. The summed E-state index contributed by atoms with van der Waals surface area (Å²) in [6.45, 7) is 3.76. The Kier molecular flexibility index (Phi) is 4.30. The first-order valence-corrected chi connectivity index (χ1v) is 5.40. The molecule has 0 saturated carbocycles. The Morgan fingerprint density at radius 1 is 1.31 bits per heavy atom. The molecule has 0 aromatic heterocycles. The van der Waals surface area contributed by atoms with E-state index in [2.05, 4.69) is 11.4 Å². The molecule has 0 spiro atoms. The highest BCUT2D eigenvalue weighted by atomic mass is 19.1. The number of anilines is 1. The summed E-state index contributed by atoms with van der Waals surface area (Å²) in [4.78, 5) is 0. The Morgan fingerprint density at radius 2 is 1.94 bits per heavy atom. The zero-order valence-corrected chi connectivity index (χ0v) is 9.76. The van der Waals surface area contributed by atoms with Gasteiger partial charge in [0.1, 0.15) is 5.67 Å². The average Bonchev–Trinajstić information content (AvgIpc) is 2.19. The molecule has 0 heterocycles. The maximum Gasteiger partial charge on any atom is 0.107 e. The molecule has 1 aromatic carbocycles. The molecule has 86 valence electrons. The lowest BCUT2D eigenvalue weighted by molar-refractivity contribution is 0.207. The number of hydrogen-bond acceptors (Lipinski definition) is 2. The van der Waals surface area contributed by atoms with Crippen LogP contribution in [0.1, 0.15) is 25.8 Å². The summed E-state index contributed by atoms with van der Waals surface area (Å²) < 4.78 is 13.2. The quantitative estimate of drug-likeness (QED) is 0.826. The van der Waals surface area contributed by atoms with Crippen molar-refractivity contribution >= 4 is 5.69 Å². The SMILES string of the molecule is CC(C)(F)CCNc1ccc(CC#N)cc1. The normalized spacial score (nSPS) is 10.9. The molecule has 0 radical (unpaired) electrons. The molecule has 0 saturated heterocycles. The highest BCUT2D eigenvalue weighted by Crippen LogP contribution is 2.15. The predicted octanol–water partition coefficient (Wildman–Crippen LogP) is 3.30. The lowest BCUT2D eigenvalue weighted by Crippen LogP contribution is -2.17. The molecule has 0 unspecified atom stereocenters. The van der Waals surface area contributed by atoms with Crippen LogP contribution in [0.3, 0.4) is 0 Å². The third-order valence-electron chi connectivity index (χ3n) is 2.29. The Hall–Kier alpha value is -1.56. The molecule has 0 amide bonds. The van der Waals surface area contributed by atoms with Crippen LogP contribution in [0.4, 0.5) is 10.1 Å². The van der Waals surface area contributed by atoms with E-state index in [9.17, 15) is 4.39 Å². The largest absolute Gasteiger partial charge is 0.385 e. The molecular weight excluding hydrogens is 203 g/mol. The monoisotopic (exact) mass is 220 g/mol. The molecule has 1 rings (SSSR count). The Balaban J connectivity index is 2.41. The topological polar surface area (TPSA) is 35.8 Å². The van der Waals surface area contributed by atoms with Crippen molar-refractivity contribution < 1.29 is 4.39 Å². The number of rotatable bonds is 5. The van der Waals surface area contributed by atoms with Crippen molar-refractivity contribution in [2.45, 2.75) is 32.4 Å². The maximum atomic E-state index is 13.2. The molecule has 0 atom stereocenters. The van der Waals surface area contributed by atoms with Gasteiger partial charge in [-0.1, -0.05) is 12.1 Å². The van der Waals surface area contributed by atoms with Gasteiger partial charge in [0.25, 0.3) is 0 Å². The molecule has 3 heteroatoms. The van der Waals surface area contributed by atoms with Gasteiger partial charge in [-0.25, -0.2) is 4.39 Å². The van der Waals surface area contributed by atoms with Gasteiger partial charge in [0.05, 0.1) is 12.5 Å². The zero-order valence-electron chi connectivity index (χ0n) is 9.76. The summed E-state index contributed by atoms with van der Waals surface area (Å²) >= 11 is 0. The van der Waals surface area contributed by atoms with Crippen LogP contribution in [0, 0.1) is 11.3 Å². The van der Waals surface area contributed by atoms with E-state index in [1.807, 2.05) is 24.3 Å². The lowest BCUT2D eigenvalue weighted by atomic mass is 10.1. The van der Waals surface area contributed by atoms with Crippen LogP contribution in [-0.2, 0) is 6.42 Å². The molecule has 0 aliphatic rings. The molecular formula is C13H17FN2. The van der Waals surface area contributed by atoms with Crippen LogP contribution < -0.4 is 5.32 Å². The van der Waals surface area contributed by atoms with Gasteiger partial charge in [0.15, 0.2) is 0 Å². The fraction of sp³-hybridized carbons (Fsp3) is 0.462.